The second kappa shape index (κ2) is 8.60. The third-order valence-electron chi connectivity index (χ3n) is 4.93. The summed E-state index contributed by atoms with van der Waals surface area (Å²) in [5.74, 6) is -0.984. The van der Waals surface area contributed by atoms with Gasteiger partial charge in [0.15, 0.2) is 0 Å². The number of likely N-dealkylation sites (N-methyl/N-ethyl adjacent to an activating group) is 1. The minimum Gasteiger partial charge on any atom is -0.379 e. The van der Waals surface area contributed by atoms with Gasteiger partial charge in [-0.3, -0.25) is 4.90 Å². The first-order valence-electron chi connectivity index (χ1n) is 9.08. The highest BCUT2D eigenvalue weighted by Crippen LogP contribution is 2.26. The second-order valence-corrected chi connectivity index (χ2v) is 6.88. The smallest absolute Gasteiger partial charge is 0.129 e. The van der Waals surface area contributed by atoms with Crippen LogP contribution in [-0.2, 0) is 11.2 Å². The summed E-state index contributed by atoms with van der Waals surface area (Å²) in [6, 6.07) is 10.1. The summed E-state index contributed by atoms with van der Waals surface area (Å²) in [4.78, 5) is 4.55. The summed E-state index contributed by atoms with van der Waals surface area (Å²) in [6.07, 6.45) is 0.247. The fraction of sp³-hybridized carbons (Fsp3) is 0.429. The average molecular weight is 360 g/mol. The summed E-state index contributed by atoms with van der Waals surface area (Å²) < 4.78 is 33.6. The van der Waals surface area contributed by atoms with E-state index in [0.29, 0.717) is 0 Å². The number of aryl methyl sites for hydroxylation is 1. The van der Waals surface area contributed by atoms with Crippen LogP contribution in [-0.4, -0.2) is 51.3 Å². The zero-order chi connectivity index (χ0) is 18.5. The number of ether oxygens (including phenoxy) is 1. The fourth-order valence-corrected chi connectivity index (χ4v) is 3.36. The van der Waals surface area contributed by atoms with Gasteiger partial charge in [0.05, 0.1) is 13.2 Å². The minimum atomic E-state index is -0.492. The van der Waals surface area contributed by atoms with Crippen LogP contribution in [0.15, 0.2) is 36.4 Å². The Bertz CT molecular complexity index is 725. The maximum Gasteiger partial charge on any atom is 0.129 e. The van der Waals surface area contributed by atoms with Gasteiger partial charge in [0.1, 0.15) is 11.6 Å². The lowest BCUT2D eigenvalue weighted by Gasteiger charge is -2.30. The van der Waals surface area contributed by atoms with Crippen LogP contribution in [0.1, 0.15) is 16.7 Å². The molecule has 0 radical (unpaired) electrons. The van der Waals surface area contributed by atoms with Crippen molar-refractivity contribution in [1.29, 1.82) is 0 Å². The molecule has 0 spiro atoms. The van der Waals surface area contributed by atoms with Gasteiger partial charge in [-0.15, -0.1) is 0 Å². The van der Waals surface area contributed by atoms with Crippen LogP contribution in [0.3, 0.4) is 0 Å². The largest absolute Gasteiger partial charge is 0.379 e. The van der Waals surface area contributed by atoms with E-state index in [1.165, 1.54) is 18.2 Å². The second-order valence-electron chi connectivity index (χ2n) is 6.88. The van der Waals surface area contributed by atoms with Crippen molar-refractivity contribution < 1.29 is 13.5 Å². The number of benzene rings is 2. The van der Waals surface area contributed by atoms with Crippen molar-refractivity contribution in [2.75, 3.05) is 51.3 Å². The molecule has 1 aliphatic rings. The zero-order valence-corrected chi connectivity index (χ0v) is 15.5. The minimum absolute atomic E-state index is 0.126. The van der Waals surface area contributed by atoms with Crippen molar-refractivity contribution in [1.82, 2.24) is 4.90 Å². The molecule has 0 N–H and O–H groups in total. The Labute approximate surface area is 154 Å². The Kier molecular flexibility index (Phi) is 6.22. The van der Waals surface area contributed by atoms with Crippen molar-refractivity contribution in [3.8, 4) is 0 Å². The van der Waals surface area contributed by atoms with E-state index in [2.05, 4.69) is 9.80 Å². The van der Waals surface area contributed by atoms with E-state index in [1.54, 1.807) is 0 Å². The molecule has 0 aliphatic carbocycles. The molecule has 26 heavy (non-hydrogen) atoms. The number of hydrogen-bond acceptors (Lipinski definition) is 3. The van der Waals surface area contributed by atoms with Gasteiger partial charge in [-0.25, -0.2) is 8.78 Å². The summed E-state index contributed by atoms with van der Waals surface area (Å²) in [7, 11) is 2.03. The third kappa shape index (κ3) is 4.59. The predicted octanol–water partition coefficient (Wildman–Crippen LogP) is 3.63. The number of halogens is 2. The fourth-order valence-electron chi connectivity index (χ4n) is 3.36. The molecule has 0 unspecified atom stereocenters. The molecule has 140 valence electrons. The molecule has 0 bridgehead atoms. The summed E-state index contributed by atoms with van der Waals surface area (Å²) in [6.45, 7) is 7.28. The molecule has 0 amide bonds. The number of morpholine rings is 1. The highest BCUT2D eigenvalue weighted by Gasteiger charge is 2.16. The van der Waals surface area contributed by atoms with Gasteiger partial charge in [-0.2, -0.15) is 0 Å². The lowest BCUT2D eigenvalue weighted by Crippen LogP contribution is -2.40. The standard InChI is InChI=1S/C21H26F2N2O/c1-16-6-7-21(24(2)8-9-25-10-12-26-13-11-25)17(14-16)15-18-19(22)4-3-5-20(18)23/h3-7,14H,8-13,15H2,1-2H3. The number of anilines is 1. The molecule has 1 fully saturated rings. The van der Waals surface area contributed by atoms with Gasteiger partial charge in [-0.1, -0.05) is 23.8 Å². The van der Waals surface area contributed by atoms with Crippen LogP contribution >= 0.6 is 0 Å². The maximum absolute atomic E-state index is 14.1. The van der Waals surface area contributed by atoms with Crippen LogP contribution < -0.4 is 4.90 Å². The molecule has 2 aromatic carbocycles. The van der Waals surface area contributed by atoms with E-state index in [4.69, 9.17) is 4.74 Å². The van der Waals surface area contributed by atoms with Crippen molar-refractivity contribution in [2.24, 2.45) is 0 Å². The highest BCUT2D eigenvalue weighted by atomic mass is 19.1. The van der Waals surface area contributed by atoms with E-state index < -0.39 is 11.6 Å². The molecule has 1 aliphatic heterocycles. The third-order valence-corrected chi connectivity index (χ3v) is 4.93. The number of rotatable bonds is 6. The van der Waals surface area contributed by atoms with E-state index in [0.717, 1.165) is 56.2 Å². The first-order chi connectivity index (χ1) is 12.5. The summed E-state index contributed by atoms with van der Waals surface area (Å²) in [5, 5.41) is 0. The Morgan fingerprint density at radius 2 is 1.77 bits per heavy atom. The topological polar surface area (TPSA) is 15.7 Å². The first-order valence-corrected chi connectivity index (χ1v) is 9.08. The normalized spacial score (nSPS) is 15.2. The van der Waals surface area contributed by atoms with Crippen molar-refractivity contribution >= 4 is 5.69 Å². The van der Waals surface area contributed by atoms with E-state index in [9.17, 15) is 8.78 Å². The van der Waals surface area contributed by atoms with E-state index in [-0.39, 0.29) is 12.0 Å². The van der Waals surface area contributed by atoms with Gasteiger partial charge in [-0.05, 0) is 30.7 Å². The number of nitrogens with zero attached hydrogens (tertiary/aromatic N) is 2. The van der Waals surface area contributed by atoms with Gasteiger partial charge in [0.25, 0.3) is 0 Å². The molecule has 0 atom stereocenters. The molecule has 1 heterocycles. The predicted molar refractivity (Wildman–Crippen MR) is 101 cm³/mol. The molecule has 0 saturated carbocycles. The molecule has 0 aromatic heterocycles. The molecule has 3 nitrogen and oxygen atoms in total. The van der Waals surface area contributed by atoms with Gasteiger partial charge in [0, 0.05) is 50.9 Å². The van der Waals surface area contributed by atoms with Crippen LogP contribution in [0.2, 0.25) is 0 Å². The summed E-state index contributed by atoms with van der Waals surface area (Å²) in [5.41, 5.74) is 3.17. The zero-order valence-electron chi connectivity index (χ0n) is 15.5. The Balaban J connectivity index is 1.76. The average Bonchev–Trinajstić information content (AvgIpc) is 2.64. The number of hydrogen-bond donors (Lipinski definition) is 0. The Morgan fingerprint density at radius 3 is 2.46 bits per heavy atom. The van der Waals surface area contributed by atoms with E-state index in [1.807, 2.05) is 32.2 Å². The van der Waals surface area contributed by atoms with Crippen LogP contribution in [0.5, 0.6) is 0 Å². The molecular formula is C21H26F2N2O. The van der Waals surface area contributed by atoms with Gasteiger partial charge in [0.2, 0.25) is 0 Å². The molecule has 5 heteroatoms. The monoisotopic (exact) mass is 360 g/mol. The van der Waals surface area contributed by atoms with Crippen molar-refractivity contribution in [3.63, 3.8) is 0 Å². The molecule has 3 rings (SSSR count). The molecule has 1 saturated heterocycles. The molecule has 2 aromatic rings. The van der Waals surface area contributed by atoms with Crippen LogP contribution in [0.25, 0.3) is 0 Å². The summed E-state index contributed by atoms with van der Waals surface area (Å²) >= 11 is 0. The van der Waals surface area contributed by atoms with Gasteiger partial charge < -0.3 is 9.64 Å². The Hall–Kier alpha value is -1.98. The maximum atomic E-state index is 14.1. The van der Waals surface area contributed by atoms with Crippen molar-refractivity contribution in [3.05, 3.63) is 64.7 Å². The highest BCUT2D eigenvalue weighted by molar-refractivity contribution is 5.56. The van der Waals surface area contributed by atoms with Crippen LogP contribution in [0.4, 0.5) is 14.5 Å². The molecular weight excluding hydrogens is 334 g/mol. The quantitative estimate of drug-likeness (QED) is 0.782. The SMILES string of the molecule is Cc1ccc(N(C)CCN2CCOCC2)c(Cc2c(F)cccc2F)c1. The lowest BCUT2D eigenvalue weighted by molar-refractivity contribution is 0.0393. The van der Waals surface area contributed by atoms with Gasteiger partial charge >= 0.3 is 0 Å². The first kappa shape index (κ1) is 18.8. The van der Waals surface area contributed by atoms with Crippen LogP contribution in [0, 0.1) is 18.6 Å². The van der Waals surface area contributed by atoms with Crippen molar-refractivity contribution in [2.45, 2.75) is 13.3 Å². The van der Waals surface area contributed by atoms with E-state index >= 15 is 0 Å². The lowest BCUT2D eigenvalue weighted by atomic mass is 9.99. The Morgan fingerprint density at radius 1 is 1.08 bits per heavy atom.